The average Bonchev–Trinajstić information content (AvgIpc) is 3.15. The van der Waals surface area contributed by atoms with Gasteiger partial charge in [0.05, 0.1) is 17.5 Å². The number of fused-ring (bicyclic) bond motifs is 1. The molecule has 0 saturated carbocycles. The Labute approximate surface area is 188 Å². The Morgan fingerprint density at radius 3 is 2.23 bits per heavy atom. The molecule has 0 fully saturated rings. The molecule has 0 radical (unpaired) electrons. The average molecular weight is 418 g/mol. The summed E-state index contributed by atoms with van der Waals surface area (Å²) in [5.74, 6) is 0.502. The number of benzene rings is 2. The third kappa shape index (κ3) is 4.49. The van der Waals surface area contributed by atoms with E-state index in [9.17, 15) is 5.11 Å². The lowest BCUT2D eigenvalue weighted by atomic mass is 9.95. The normalized spacial score (nSPS) is 14.2. The molecule has 0 unspecified atom stereocenters. The van der Waals surface area contributed by atoms with Gasteiger partial charge in [-0.25, -0.2) is 4.98 Å². The Morgan fingerprint density at radius 2 is 1.61 bits per heavy atom. The Hall–Kier alpha value is -3.11. The van der Waals surface area contributed by atoms with E-state index < -0.39 is 18.1 Å². The van der Waals surface area contributed by atoms with Crippen LogP contribution in [-0.4, -0.2) is 20.1 Å². The van der Waals surface area contributed by atoms with Crippen LogP contribution in [0.25, 0.3) is 28.0 Å². The van der Waals surface area contributed by atoms with Crippen LogP contribution in [0.5, 0.6) is 5.75 Å². The highest BCUT2D eigenvalue weighted by molar-refractivity contribution is 5.72. The molecule has 2 heterocycles. The summed E-state index contributed by atoms with van der Waals surface area (Å²) in [5, 5.41) is 10.3. The predicted octanol–water partition coefficient (Wildman–Crippen LogP) is 6.38. The molecule has 0 atom stereocenters. The maximum Gasteiger partial charge on any atom is 0.137 e. The highest BCUT2D eigenvalue weighted by Crippen LogP contribution is 2.31. The molecule has 4 rings (SSSR count). The predicted molar refractivity (Wildman–Crippen MR) is 126 cm³/mol. The van der Waals surface area contributed by atoms with Gasteiger partial charge in [-0.2, -0.15) is 0 Å². The molecule has 0 spiro atoms. The number of aromatic nitrogens is 2. The molecule has 0 aliphatic heterocycles. The van der Waals surface area contributed by atoms with E-state index in [0.717, 1.165) is 39.2 Å². The number of hydrogen-bond donors (Lipinski definition) is 1. The second-order valence-electron chi connectivity index (χ2n) is 9.01. The third-order valence-electron chi connectivity index (χ3n) is 5.28. The van der Waals surface area contributed by atoms with Crippen molar-refractivity contribution in [3.05, 3.63) is 78.1 Å². The zero-order valence-corrected chi connectivity index (χ0v) is 18.6. The smallest absolute Gasteiger partial charge is 0.137 e. The monoisotopic (exact) mass is 417 g/mol. The quantitative estimate of drug-likeness (QED) is 0.419. The first-order valence-electron chi connectivity index (χ1n) is 11.9. The fourth-order valence-corrected chi connectivity index (χ4v) is 3.68. The maximum absolute atomic E-state index is 10.3. The zero-order valence-electron chi connectivity index (χ0n) is 21.6. The molecule has 1 N–H and O–H groups in total. The van der Waals surface area contributed by atoms with E-state index in [1.807, 2.05) is 42.6 Å². The number of nitrogens with zero attached hydrogens (tertiary/aromatic N) is 2. The van der Waals surface area contributed by atoms with Crippen LogP contribution in [0.15, 0.2) is 67.0 Å². The lowest BCUT2D eigenvalue weighted by Crippen LogP contribution is -2.22. The van der Waals surface area contributed by atoms with E-state index >= 15 is 0 Å². The molecular weight excluding hydrogens is 384 g/mol. The lowest BCUT2D eigenvalue weighted by Gasteiger charge is -2.21. The van der Waals surface area contributed by atoms with Gasteiger partial charge in [-0.3, -0.25) is 4.40 Å². The van der Waals surface area contributed by atoms with Gasteiger partial charge in [0.25, 0.3) is 0 Å². The Bertz CT molecular complexity index is 1310. The SMILES string of the molecule is [2H]C([2H])([2H])C(C)(C)Oc1ccc(-c2cnc3cc(C)c(-c4ccc(C(C)(C)O)cc4)cn23)cc1. The topological polar surface area (TPSA) is 46.8 Å². The van der Waals surface area contributed by atoms with Gasteiger partial charge in [0.1, 0.15) is 17.0 Å². The van der Waals surface area contributed by atoms with Crippen molar-refractivity contribution in [2.24, 2.45) is 0 Å². The van der Waals surface area contributed by atoms with Gasteiger partial charge in [-0.15, -0.1) is 0 Å². The minimum absolute atomic E-state index is 0.502. The summed E-state index contributed by atoms with van der Waals surface area (Å²) >= 11 is 0. The minimum Gasteiger partial charge on any atom is -0.488 e. The van der Waals surface area contributed by atoms with Gasteiger partial charge in [0.2, 0.25) is 0 Å². The van der Waals surface area contributed by atoms with Gasteiger partial charge in [-0.1, -0.05) is 24.3 Å². The second kappa shape index (κ2) is 7.54. The van der Waals surface area contributed by atoms with Crippen LogP contribution in [0.2, 0.25) is 0 Å². The summed E-state index contributed by atoms with van der Waals surface area (Å²) in [7, 11) is 0. The van der Waals surface area contributed by atoms with Crippen molar-refractivity contribution in [3.8, 4) is 28.1 Å². The lowest BCUT2D eigenvalue weighted by molar-refractivity contribution is 0.0786. The van der Waals surface area contributed by atoms with E-state index in [1.54, 1.807) is 39.8 Å². The standard InChI is InChI=1S/C27H30N2O2/c1-18-15-25-28-16-24(20-9-13-22(14-10-20)31-26(2,3)4)29(25)17-23(18)19-7-11-21(12-8-19)27(5,6)30/h7-17,30H,1-6H3/i2D3. The van der Waals surface area contributed by atoms with E-state index in [4.69, 9.17) is 8.85 Å². The molecule has 160 valence electrons. The van der Waals surface area contributed by atoms with Crippen LogP contribution in [-0.2, 0) is 5.60 Å². The van der Waals surface area contributed by atoms with Crippen LogP contribution in [0.4, 0.5) is 0 Å². The van der Waals surface area contributed by atoms with E-state index in [0.29, 0.717) is 5.75 Å². The first-order chi connectivity index (χ1) is 15.8. The molecule has 4 heteroatoms. The second-order valence-corrected chi connectivity index (χ2v) is 9.01. The maximum atomic E-state index is 10.3. The molecular formula is C27H30N2O2. The number of aliphatic hydroxyl groups is 1. The molecule has 0 saturated heterocycles. The van der Waals surface area contributed by atoms with E-state index in [1.165, 1.54) is 0 Å². The minimum atomic E-state index is -2.23. The molecule has 0 aliphatic carbocycles. The van der Waals surface area contributed by atoms with Gasteiger partial charge in [0, 0.05) is 21.4 Å². The summed E-state index contributed by atoms with van der Waals surface area (Å²) < 4.78 is 30.8. The van der Waals surface area contributed by atoms with Crippen molar-refractivity contribution < 1.29 is 14.0 Å². The number of aryl methyl sites for hydroxylation is 1. The largest absolute Gasteiger partial charge is 0.488 e. The summed E-state index contributed by atoms with van der Waals surface area (Å²) in [6, 6.07) is 17.4. The molecule has 2 aromatic heterocycles. The molecule has 31 heavy (non-hydrogen) atoms. The molecule has 4 nitrogen and oxygen atoms in total. The number of ether oxygens (including phenoxy) is 1. The Kier molecular flexibility index (Phi) is 4.27. The Morgan fingerprint density at radius 1 is 0.968 bits per heavy atom. The number of imidazole rings is 1. The van der Waals surface area contributed by atoms with Crippen molar-refractivity contribution in [2.75, 3.05) is 0 Å². The molecule has 4 aromatic rings. The van der Waals surface area contributed by atoms with Crippen LogP contribution in [0.1, 0.15) is 49.8 Å². The van der Waals surface area contributed by atoms with Crippen molar-refractivity contribution in [1.29, 1.82) is 0 Å². The van der Waals surface area contributed by atoms with Crippen molar-refractivity contribution in [2.45, 2.75) is 52.7 Å². The van der Waals surface area contributed by atoms with Crippen LogP contribution in [0, 0.1) is 6.92 Å². The highest BCUT2D eigenvalue weighted by atomic mass is 16.5. The van der Waals surface area contributed by atoms with Gasteiger partial charge in [-0.05, 0) is 88.5 Å². The third-order valence-corrected chi connectivity index (χ3v) is 5.28. The van der Waals surface area contributed by atoms with Crippen LogP contribution >= 0.6 is 0 Å². The van der Waals surface area contributed by atoms with Crippen molar-refractivity contribution in [1.82, 2.24) is 9.38 Å². The molecule has 2 aromatic carbocycles. The summed E-state index contributed by atoms with van der Waals surface area (Å²) in [6.07, 6.45) is 3.91. The fraction of sp³-hybridized carbons (Fsp3) is 0.296. The number of pyridine rings is 1. The molecule has 0 amide bonds. The summed E-state index contributed by atoms with van der Waals surface area (Å²) in [6.45, 7) is 6.51. The van der Waals surface area contributed by atoms with Gasteiger partial charge < -0.3 is 9.84 Å². The Balaban J connectivity index is 1.68. The summed E-state index contributed by atoms with van der Waals surface area (Å²) in [4.78, 5) is 4.58. The van der Waals surface area contributed by atoms with E-state index in [2.05, 4.69) is 28.6 Å². The fourth-order valence-electron chi connectivity index (χ4n) is 3.68. The first-order valence-corrected chi connectivity index (χ1v) is 10.4. The molecule has 0 bridgehead atoms. The van der Waals surface area contributed by atoms with Gasteiger partial charge in [0.15, 0.2) is 0 Å². The van der Waals surface area contributed by atoms with E-state index in [-0.39, 0.29) is 0 Å². The number of rotatable bonds is 4. The summed E-state index contributed by atoms with van der Waals surface area (Å²) in [5.41, 5.74) is 4.64. The van der Waals surface area contributed by atoms with Gasteiger partial charge >= 0.3 is 0 Å². The zero-order chi connectivity index (χ0) is 24.9. The highest BCUT2D eigenvalue weighted by Gasteiger charge is 2.16. The van der Waals surface area contributed by atoms with Crippen LogP contribution < -0.4 is 4.74 Å². The van der Waals surface area contributed by atoms with Crippen molar-refractivity contribution in [3.63, 3.8) is 0 Å². The first kappa shape index (κ1) is 17.6. The van der Waals surface area contributed by atoms with Crippen LogP contribution in [0.3, 0.4) is 0 Å². The van der Waals surface area contributed by atoms with Crippen molar-refractivity contribution >= 4 is 5.65 Å². The number of hydrogen-bond acceptors (Lipinski definition) is 3. The molecule has 0 aliphatic rings.